The normalized spacial score (nSPS) is 11.0. The Kier molecular flexibility index (Phi) is 7.32. The second kappa shape index (κ2) is 10.1. The number of methoxy groups -OCH3 is 1. The van der Waals surface area contributed by atoms with E-state index in [4.69, 9.17) is 9.47 Å². The van der Waals surface area contributed by atoms with Crippen LogP contribution in [-0.2, 0) is 21.4 Å². The maximum atomic E-state index is 13.1. The number of rotatable bonds is 9. The van der Waals surface area contributed by atoms with Gasteiger partial charge in [-0.2, -0.15) is 0 Å². The van der Waals surface area contributed by atoms with E-state index in [1.807, 2.05) is 24.3 Å². The van der Waals surface area contributed by atoms with Gasteiger partial charge in [-0.1, -0.05) is 12.1 Å². The first-order chi connectivity index (χ1) is 15.3. The molecule has 1 amide bonds. The Morgan fingerprint density at radius 1 is 0.938 bits per heavy atom. The van der Waals surface area contributed by atoms with Gasteiger partial charge in [0.15, 0.2) is 6.61 Å². The lowest BCUT2D eigenvalue weighted by atomic mass is 10.2. The summed E-state index contributed by atoms with van der Waals surface area (Å²) in [6.45, 7) is 0.177. The highest BCUT2D eigenvalue weighted by Gasteiger charge is 2.21. The zero-order chi connectivity index (χ0) is 23.1. The Bertz CT molecular complexity index is 1150. The zero-order valence-corrected chi connectivity index (χ0v) is 18.4. The van der Waals surface area contributed by atoms with Gasteiger partial charge in [0.2, 0.25) is 0 Å². The Morgan fingerprint density at radius 3 is 2.12 bits per heavy atom. The third kappa shape index (κ3) is 5.76. The van der Waals surface area contributed by atoms with Crippen LogP contribution in [-0.4, -0.2) is 35.1 Å². The molecular weight excluding hydrogens is 435 g/mol. The molecule has 0 fully saturated rings. The third-order valence-corrected chi connectivity index (χ3v) is 6.49. The first-order valence-corrected chi connectivity index (χ1v) is 11.1. The van der Waals surface area contributed by atoms with Gasteiger partial charge in [0.05, 0.1) is 17.7 Å². The fourth-order valence-electron chi connectivity index (χ4n) is 2.80. The molecule has 0 aliphatic heterocycles. The number of sulfonamides is 1. The molecule has 0 atom stereocenters. The van der Waals surface area contributed by atoms with Crippen LogP contribution in [0.4, 0.5) is 10.1 Å². The quantitative estimate of drug-likeness (QED) is 0.532. The fourth-order valence-corrected chi connectivity index (χ4v) is 4.00. The van der Waals surface area contributed by atoms with E-state index in [1.165, 1.54) is 19.2 Å². The van der Waals surface area contributed by atoms with E-state index in [0.717, 1.165) is 27.8 Å². The topological polar surface area (TPSA) is 84.9 Å². The number of carbonyl (C=O) groups is 1. The molecule has 0 aromatic heterocycles. The van der Waals surface area contributed by atoms with Crippen molar-refractivity contribution in [3.8, 4) is 11.5 Å². The largest absolute Gasteiger partial charge is 0.497 e. The molecule has 0 aliphatic rings. The zero-order valence-electron chi connectivity index (χ0n) is 17.6. The standard InChI is InChI=1S/C23H23FN2O5S/c1-26(32(28,29)22-13-5-18(24)6-14-22)19-7-11-21(12-8-19)31-16-23(27)25-15-17-3-9-20(30-2)10-4-17/h3-14H,15-16H2,1-2H3,(H,25,27). The van der Waals surface area contributed by atoms with Crippen molar-refractivity contribution >= 4 is 21.6 Å². The van der Waals surface area contributed by atoms with Gasteiger partial charge in [0.25, 0.3) is 15.9 Å². The molecule has 0 heterocycles. The molecule has 0 radical (unpaired) electrons. The van der Waals surface area contributed by atoms with E-state index in [9.17, 15) is 17.6 Å². The summed E-state index contributed by atoms with van der Waals surface area (Å²) < 4.78 is 50.1. The van der Waals surface area contributed by atoms with Crippen molar-refractivity contribution in [2.24, 2.45) is 0 Å². The average Bonchev–Trinajstić information content (AvgIpc) is 2.82. The van der Waals surface area contributed by atoms with Crippen molar-refractivity contribution in [1.82, 2.24) is 5.32 Å². The maximum Gasteiger partial charge on any atom is 0.264 e. The average molecular weight is 459 g/mol. The molecule has 0 saturated heterocycles. The van der Waals surface area contributed by atoms with Crippen LogP contribution in [0, 0.1) is 5.82 Å². The van der Waals surface area contributed by atoms with Gasteiger partial charge in [0, 0.05) is 13.6 Å². The van der Waals surface area contributed by atoms with Gasteiger partial charge >= 0.3 is 0 Å². The lowest BCUT2D eigenvalue weighted by molar-refractivity contribution is -0.123. The number of ether oxygens (including phenoxy) is 2. The maximum absolute atomic E-state index is 13.1. The number of anilines is 1. The summed E-state index contributed by atoms with van der Waals surface area (Å²) in [6, 6.07) is 18.2. The van der Waals surface area contributed by atoms with Crippen LogP contribution >= 0.6 is 0 Å². The molecule has 0 spiro atoms. The Labute approximate surface area is 186 Å². The van der Waals surface area contributed by atoms with E-state index in [1.54, 1.807) is 31.4 Å². The lowest BCUT2D eigenvalue weighted by Gasteiger charge is -2.20. The molecule has 168 valence electrons. The van der Waals surface area contributed by atoms with Gasteiger partial charge < -0.3 is 14.8 Å². The van der Waals surface area contributed by atoms with Gasteiger partial charge in [-0.25, -0.2) is 12.8 Å². The van der Waals surface area contributed by atoms with Crippen LogP contribution in [0.25, 0.3) is 0 Å². The number of amides is 1. The van der Waals surface area contributed by atoms with E-state index in [0.29, 0.717) is 18.0 Å². The Hall–Kier alpha value is -3.59. The summed E-state index contributed by atoms with van der Waals surface area (Å²) in [4.78, 5) is 12.0. The summed E-state index contributed by atoms with van der Waals surface area (Å²) >= 11 is 0. The third-order valence-electron chi connectivity index (χ3n) is 4.69. The lowest BCUT2D eigenvalue weighted by Crippen LogP contribution is -2.28. The van der Waals surface area contributed by atoms with Crippen molar-refractivity contribution in [2.75, 3.05) is 25.1 Å². The monoisotopic (exact) mass is 458 g/mol. The minimum atomic E-state index is -3.83. The van der Waals surface area contributed by atoms with Crippen LogP contribution < -0.4 is 19.1 Å². The second-order valence-electron chi connectivity index (χ2n) is 6.83. The van der Waals surface area contributed by atoms with Gasteiger partial charge in [0.1, 0.15) is 17.3 Å². The van der Waals surface area contributed by atoms with Crippen molar-refractivity contribution < 1.29 is 27.1 Å². The second-order valence-corrected chi connectivity index (χ2v) is 8.80. The van der Waals surface area contributed by atoms with E-state index in [2.05, 4.69) is 5.32 Å². The number of hydrogen-bond donors (Lipinski definition) is 1. The van der Waals surface area contributed by atoms with Crippen molar-refractivity contribution in [3.63, 3.8) is 0 Å². The highest BCUT2D eigenvalue weighted by Crippen LogP contribution is 2.24. The molecule has 3 aromatic carbocycles. The SMILES string of the molecule is COc1ccc(CNC(=O)COc2ccc(N(C)S(=O)(=O)c3ccc(F)cc3)cc2)cc1. The van der Waals surface area contributed by atoms with E-state index in [-0.39, 0.29) is 17.4 Å². The number of hydrogen-bond acceptors (Lipinski definition) is 5. The number of nitrogens with zero attached hydrogens (tertiary/aromatic N) is 1. The summed E-state index contributed by atoms with van der Waals surface area (Å²) in [5.74, 6) is 0.353. The summed E-state index contributed by atoms with van der Waals surface area (Å²) in [5, 5.41) is 2.76. The Morgan fingerprint density at radius 2 is 1.53 bits per heavy atom. The minimum Gasteiger partial charge on any atom is -0.497 e. The highest BCUT2D eigenvalue weighted by atomic mass is 32.2. The van der Waals surface area contributed by atoms with Crippen LogP contribution in [0.1, 0.15) is 5.56 Å². The molecule has 0 saturated carbocycles. The first kappa shape index (κ1) is 23.1. The van der Waals surface area contributed by atoms with Crippen LogP contribution in [0.5, 0.6) is 11.5 Å². The minimum absolute atomic E-state index is 0.0183. The van der Waals surface area contributed by atoms with Crippen LogP contribution in [0.2, 0.25) is 0 Å². The molecule has 1 N–H and O–H groups in total. The summed E-state index contributed by atoms with van der Waals surface area (Å²) in [6.07, 6.45) is 0. The summed E-state index contributed by atoms with van der Waals surface area (Å²) in [7, 11) is -0.841. The van der Waals surface area contributed by atoms with Crippen molar-refractivity contribution in [1.29, 1.82) is 0 Å². The number of halogens is 1. The first-order valence-electron chi connectivity index (χ1n) is 9.66. The fraction of sp³-hybridized carbons (Fsp3) is 0.174. The number of benzene rings is 3. The van der Waals surface area contributed by atoms with E-state index >= 15 is 0 Å². The molecule has 0 unspecified atom stereocenters. The molecule has 3 rings (SSSR count). The van der Waals surface area contributed by atoms with Crippen LogP contribution in [0.15, 0.2) is 77.7 Å². The highest BCUT2D eigenvalue weighted by molar-refractivity contribution is 7.92. The summed E-state index contributed by atoms with van der Waals surface area (Å²) in [5.41, 5.74) is 1.32. The van der Waals surface area contributed by atoms with Crippen molar-refractivity contribution in [2.45, 2.75) is 11.4 Å². The van der Waals surface area contributed by atoms with E-state index < -0.39 is 15.8 Å². The molecule has 7 nitrogen and oxygen atoms in total. The number of nitrogens with one attached hydrogen (secondary N) is 1. The molecule has 9 heteroatoms. The molecule has 0 aliphatic carbocycles. The van der Waals surface area contributed by atoms with Crippen molar-refractivity contribution in [3.05, 3.63) is 84.2 Å². The molecule has 32 heavy (non-hydrogen) atoms. The van der Waals surface area contributed by atoms with Gasteiger partial charge in [-0.3, -0.25) is 9.10 Å². The number of carbonyl (C=O) groups excluding carboxylic acids is 1. The molecule has 3 aromatic rings. The predicted octanol–water partition coefficient (Wildman–Crippen LogP) is 3.35. The molecular formula is C23H23FN2O5S. The van der Waals surface area contributed by atoms with Crippen LogP contribution in [0.3, 0.4) is 0 Å². The molecule has 0 bridgehead atoms. The predicted molar refractivity (Wildman–Crippen MR) is 119 cm³/mol. The van der Waals surface area contributed by atoms with Gasteiger partial charge in [-0.05, 0) is 66.2 Å². The smallest absolute Gasteiger partial charge is 0.264 e. The van der Waals surface area contributed by atoms with Gasteiger partial charge in [-0.15, -0.1) is 0 Å². The Balaban J connectivity index is 1.53.